The molecule has 1 amide bonds. The summed E-state index contributed by atoms with van der Waals surface area (Å²) >= 11 is 0. The summed E-state index contributed by atoms with van der Waals surface area (Å²) in [6.07, 6.45) is 0.885. The van der Waals surface area contributed by atoms with Gasteiger partial charge in [-0.25, -0.2) is 0 Å². The molecule has 0 aliphatic heterocycles. The van der Waals surface area contributed by atoms with Crippen LogP contribution >= 0.6 is 7.26 Å². The van der Waals surface area contributed by atoms with Gasteiger partial charge in [0.05, 0.1) is 0 Å². The Bertz CT molecular complexity index is 1410. The minimum absolute atomic E-state index is 0.0357. The van der Waals surface area contributed by atoms with Crippen molar-refractivity contribution in [1.29, 1.82) is 0 Å². The van der Waals surface area contributed by atoms with Gasteiger partial charge in [0.1, 0.15) is 0 Å². The van der Waals surface area contributed by atoms with Crippen molar-refractivity contribution < 1.29 is 4.79 Å². The van der Waals surface area contributed by atoms with Gasteiger partial charge in [0.25, 0.3) is 0 Å². The molecule has 0 saturated carbocycles. The number of likely N-dealkylation sites (N-methyl/N-ethyl adjacent to an activating group) is 1. The van der Waals surface area contributed by atoms with Gasteiger partial charge >= 0.3 is 220 Å². The predicted molar refractivity (Wildman–Crippen MR) is 166 cm³/mol. The first kappa shape index (κ1) is 25.7. The van der Waals surface area contributed by atoms with E-state index in [1.54, 1.807) is 0 Å². The van der Waals surface area contributed by atoms with Crippen molar-refractivity contribution in [2.75, 3.05) is 31.2 Å². The third-order valence-electron chi connectivity index (χ3n) is 7.42. The second-order valence-corrected chi connectivity index (χ2v) is 14.0. The summed E-state index contributed by atoms with van der Waals surface area (Å²) in [5.41, 5.74) is 2.29. The molecule has 5 aromatic carbocycles. The first-order valence-corrected chi connectivity index (χ1v) is 15.4. The molecule has 0 aliphatic carbocycles. The van der Waals surface area contributed by atoms with E-state index < -0.39 is 7.26 Å². The van der Waals surface area contributed by atoms with Crippen molar-refractivity contribution in [2.24, 2.45) is 0 Å². The van der Waals surface area contributed by atoms with Crippen molar-refractivity contribution >= 4 is 45.5 Å². The van der Waals surface area contributed by atoms with Crippen LogP contribution in [0, 0.1) is 6.92 Å². The fraction of sp³-hybridized carbons (Fsp3) is 0.147. The fourth-order valence-corrected chi connectivity index (χ4v) is 10.1. The second kappa shape index (κ2) is 11.6. The SMILES string of the molecule is Cc1ccc2cc(N(C)CC(=O)NCC[PH](c3ccccc3)(c3ccccc3)c3ccccc3)ccc2c1. The zero-order valence-corrected chi connectivity index (χ0v) is 23.1. The van der Waals surface area contributed by atoms with Crippen LogP contribution < -0.4 is 26.1 Å². The Kier molecular flexibility index (Phi) is 7.86. The van der Waals surface area contributed by atoms with E-state index in [0.29, 0.717) is 13.1 Å². The number of rotatable bonds is 9. The number of nitrogens with zero attached hydrogens (tertiary/aromatic N) is 1. The Morgan fingerprint density at radius 2 is 1.18 bits per heavy atom. The Morgan fingerprint density at radius 3 is 1.74 bits per heavy atom. The van der Waals surface area contributed by atoms with E-state index in [1.165, 1.54) is 32.2 Å². The van der Waals surface area contributed by atoms with Gasteiger partial charge in [-0.05, 0) is 6.92 Å². The van der Waals surface area contributed by atoms with E-state index in [0.717, 1.165) is 11.8 Å². The van der Waals surface area contributed by atoms with Gasteiger partial charge < -0.3 is 0 Å². The van der Waals surface area contributed by atoms with Crippen LogP contribution in [0.2, 0.25) is 0 Å². The van der Waals surface area contributed by atoms with Crippen molar-refractivity contribution in [3.05, 3.63) is 133 Å². The zero-order chi connectivity index (χ0) is 26.4. The summed E-state index contributed by atoms with van der Waals surface area (Å²) in [7, 11) is -0.380. The van der Waals surface area contributed by atoms with Crippen molar-refractivity contribution in [3.8, 4) is 0 Å². The Labute approximate surface area is 226 Å². The van der Waals surface area contributed by atoms with Crippen LogP contribution in [0.3, 0.4) is 0 Å². The van der Waals surface area contributed by atoms with Crippen LogP contribution in [0.15, 0.2) is 127 Å². The Balaban J connectivity index is 1.35. The molecule has 5 rings (SSSR count). The van der Waals surface area contributed by atoms with Gasteiger partial charge in [-0.1, -0.05) is 0 Å². The van der Waals surface area contributed by atoms with Gasteiger partial charge in [0.15, 0.2) is 0 Å². The number of fused-ring (bicyclic) bond motifs is 1. The van der Waals surface area contributed by atoms with E-state index >= 15 is 0 Å². The Morgan fingerprint density at radius 1 is 0.684 bits per heavy atom. The van der Waals surface area contributed by atoms with Crippen LogP contribution in [0.5, 0.6) is 0 Å². The normalized spacial score (nSPS) is 11.7. The molecule has 0 aliphatic rings. The van der Waals surface area contributed by atoms with E-state index in [1.807, 2.05) is 11.9 Å². The van der Waals surface area contributed by atoms with Crippen LogP contribution in [0.25, 0.3) is 10.8 Å². The quantitative estimate of drug-likeness (QED) is 0.264. The van der Waals surface area contributed by atoms with Gasteiger partial charge in [0.2, 0.25) is 0 Å². The number of anilines is 1. The van der Waals surface area contributed by atoms with Crippen LogP contribution in [0.4, 0.5) is 5.69 Å². The summed E-state index contributed by atoms with van der Waals surface area (Å²) in [5, 5.41) is 9.72. The number of benzene rings is 5. The molecule has 1 N–H and O–H groups in total. The third-order valence-corrected chi connectivity index (χ3v) is 12.4. The van der Waals surface area contributed by atoms with Gasteiger partial charge in [-0.2, -0.15) is 0 Å². The van der Waals surface area contributed by atoms with Crippen LogP contribution in [-0.4, -0.2) is 32.2 Å². The number of hydrogen-bond acceptors (Lipinski definition) is 2. The molecule has 0 atom stereocenters. The monoisotopic (exact) mass is 518 g/mol. The van der Waals surface area contributed by atoms with E-state index in [4.69, 9.17) is 0 Å². The molecule has 0 spiro atoms. The molecule has 0 unspecified atom stereocenters. The number of carbonyl (C=O) groups excluding carboxylic acids is 1. The van der Waals surface area contributed by atoms with Crippen molar-refractivity contribution in [1.82, 2.24) is 5.32 Å². The standard InChI is InChI=1S/C34H35N2OP/c1-27-18-19-29-25-30(21-20-28(29)24-27)36(2)26-34(37)35-22-23-38(31-12-6-3-7-13-31,32-14-8-4-9-15-32)33-16-10-5-11-17-33/h3-21,24-25,38H,22-23,26H2,1-2H3,(H,35,37). The molecule has 4 heteroatoms. The molecule has 0 saturated heterocycles. The summed E-state index contributed by atoms with van der Waals surface area (Å²) in [5.74, 6) is 0.0357. The number of hydrogen-bond donors (Lipinski definition) is 1. The van der Waals surface area contributed by atoms with E-state index in [-0.39, 0.29) is 5.91 Å². The summed E-state index contributed by atoms with van der Waals surface area (Å²) in [6, 6.07) is 45.3. The molecule has 0 fully saturated rings. The fourth-order valence-electron chi connectivity index (χ4n) is 5.44. The molecule has 38 heavy (non-hydrogen) atoms. The van der Waals surface area contributed by atoms with E-state index in [9.17, 15) is 4.79 Å². The molecule has 0 bridgehead atoms. The number of aryl methyl sites for hydroxylation is 1. The number of carbonyl (C=O) groups is 1. The summed E-state index contributed by atoms with van der Waals surface area (Å²) in [4.78, 5) is 15.1. The topological polar surface area (TPSA) is 32.3 Å². The molecule has 0 heterocycles. The van der Waals surface area contributed by atoms with Crippen molar-refractivity contribution in [3.63, 3.8) is 0 Å². The molecule has 5 aromatic rings. The van der Waals surface area contributed by atoms with Crippen LogP contribution in [0.1, 0.15) is 5.56 Å². The number of amides is 1. The summed E-state index contributed by atoms with van der Waals surface area (Å²) in [6.45, 7) is 3.04. The number of nitrogens with one attached hydrogen (secondary N) is 1. The first-order valence-electron chi connectivity index (χ1n) is 13.2. The molecule has 0 radical (unpaired) electrons. The zero-order valence-electron chi connectivity index (χ0n) is 22.1. The van der Waals surface area contributed by atoms with Gasteiger partial charge in [0, 0.05) is 0 Å². The molecule has 192 valence electrons. The summed E-state index contributed by atoms with van der Waals surface area (Å²) < 4.78 is 0. The minimum atomic E-state index is -2.36. The Hall–Kier alpha value is -3.94. The average Bonchev–Trinajstić information content (AvgIpc) is 2.96. The van der Waals surface area contributed by atoms with Gasteiger partial charge in [-0.3, -0.25) is 0 Å². The molecular weight excluding hydrogens is 483 g/mol. The maximum absolute atomic E-state index is 13.1. The first-order chi connectivity index (χ1) is 18.6. The second-order valence-electron chi connectivity index (χ2n) is 9.99. The maximum atomic E-state index is 13.1. The third kappa shape index (κ3) is 5.49. The van der Waals surface area contributed by atoms with Gasteiger partial charge in [-0.15, -0.1) is 0 Å². The molecule has 3 nitrogen and oxygen atoms in total. The van der Waals surface area contributed by atoms with Crippen LogP contribution in [-0.2, 0) is 4.79 Å². The van der Waals surface area contributed by atoms with Crippen molar-refractivity contribution in [2.45, 2.75) is 6.92 Å². The average molecular weight is 519 g/mol. The predicted octanol–water partition coefficient (Wildman–Crippen LogP) is 5.43. The molecular formula is C34H35N2OP. The molecule has 0 aromatic heterocycles. The van der Waals surface area contributed by atoms with E-state index in [2.05, 4.69) is 140 Å².